The van der Waals surface area contributed by atoms with Gasteiger partial charge in [0.2, 0.25) is 0 Å². The zero-order chi connectivity index (χ0) is 20.2. The van der Waals surface area contributed by atoms with E-state index in [0.717, 1.165) is 17.9 Å². The first-order valence-electron chi connectivity index (χ1n) is 9.61. The van der Waals surface area contributed by atoms with Crippen LogP contribution in [0.4, 0.5) is 0 Å². The van der Waals surface area contributed by atoms with E-state index < -0.39 is 0 Å². The van der Waals surface area contributed by atoms with Crippen LogP contribution in [0.5, 0.6) is 5.75 Å². The minimum atomic E-state index is -0.273. The number of pyridine rings is 2. The molecule has 150 valence electrons. The van der Waals surface area contributed by atoms with Crippen LogP contribution in [0.1, 0.15) is 40.2 Å². The number of aromatic nitrogens is 3. The van der Waals surface area contributed by atoms with Gasteiger partial charge in [-0.05, 0) is 37.0 Å². The van der Waals surface area contributed by atoms with E-state index in [-0.39, 0.29) is 11.5 Å². The van der Waals surface area contributed by atoms with E-state index in [1.54, 1.807) is 31.6 Å². The summed E-state index contributed by atoms with van der Waals surface area (Å²) in [5, 5.41) is 3.36. The lowest BCUT2D eigenvalue weighted by molar-refractivity contribution is 0.0954. The number of aryl methyl sites for hydroxylation is 1. The molecule has 1 aliphatic carbocycles. The van der Waals surface area contributed by atoms with E-state index in [2.05, 4.69) is 20.3 Å². The van der Waals surface area contributed by atoms with Gasteiger partial charge in [-0.1, -0.05) is 18.9 Å². The van der Waals surface area contributed by atoms with Crippen LogP contribution in [-0.4, -0.2) is 27.5 Å². The molecule has 0 radical (unpaired) electrons. The third-order valence-electron chi connectivity index (χ3n) is 4.80. The number of thiazole rings is 1. The molecule has 0 aromatic carbocycles. The largest absolute Gasteiger partial charge is 0.493 e. The Hall–Kier alpha value is -3.00. The minimum absolute atomic E-state index is 0.223. The van der Waals surface area contributed by atoms with Crippen molar-refractivity contribution in [1.82, 2.24) is 20.3 Å². The van der Waals surface area contributed by atoms with E-state index in [1.807, 2.05) is 12.1 Å². The van der Waals surface area contributed by atoms with Gasteiger partial charge in [0, 0.05) is 25.1 Å². The molecule has 4 rings (SSSR count). The van der Waals surface area contributed by atoms with Gasteiger partial charge in [0.1, 0.15) is 21.2 Å². The number of H-pyrrole nitrogens is 1. The molecule has 2 N–H and O–H groups in total. The van der Waals surface area contributed by atoms with Crippen molar-refractivity contribution in [1.29, 1.82) is 0 Å². The van der Waals surface area contributed by atoms with Gasteiger partial charge in [-0.3, -0.25) is 14.6 Å². The summed E-state index contributed by atoms with van der Waals surface area (Å²) in [6, 6.07) is 5.46. The second kappa shape index (κ2) is 8.57. The first-order chi connectivity index (χ1) is 14.1. The number of hydrogen-bond donors (Lipinski definition) is 2. The van der Waals surface area contributed by atoms with Crippen LogP contribution in [0.25, 0.3) is 10.6 Å². The summed E-state index contributed by atoms with van der Waals surface area (Å²) < 4.78 is 5.88. The zero-order valence-corrected chi connectivity index (χ0v) is 16.9. The van der Waals surface area contributed by atoms with Crippen LogP contribution >= 0.6 is 11.3 Å². The van der Waals surface area contributed by atoms with Crippen molar-refractivity contribution in [3.63, 3.8) is 0 Å². The van der Waals surface area contributed by atoms with E-state index in [0.29, 0.717) is 40.0 Å². The van der Waals surface area contributed by atoms with Crippen LogP contribution in [0, 0.1) is 12.8 Å². The smallest absolute Gasteiger partial charge is 0.263 e. The van der Waals surface area contributed by atoms with E-state index in [9.17, 15) is 9.59 Å². The maximum absolute atomic E-state index is 12.6. The normalized spacial score (nSPS) is 13.3. The SMILES string of the molecule is Cc1nc(-c2c(OCCC3CC3)cc[nH]c2=O)sc1C(=O)NCc1cccnc1. The second-order valence-electron chi connectivity index (χ2n) is 7.10. The van der Waals surface area contributed by atoms with Crippen molar-refractivity contribution in [3.8, 4) is 16.3 Å². The Balaban J connectivity index is 1.52. The predicted molar refractivity (Wildman–Crippen MR) is 111 cm³/mol. The fourth-order valence-electron chi connectivity index (χ4n) is 3.00. The molecular weight excluding hydrogens is 388 g/mol. The highest BCUT2D eigenvalue weighted by atomic mass is 32.1. The molecule has 1 amide bonds. The van der Waals surface area contributed by atoms with Gasteiger partial charge >= 0.3 is 0 Å². The molecule has 0 unspecified atom stereocenters. The first kappa shape index (κ1) is 19.3. The fourth-order valence-corrected chi connectivity index (χ4v) is 4.03. The number of carbonyl (C=O) groups excluding carboxylic acids is 1. The lowest BCUT2D eigenvalue weighted by atomic mass is 10.2. The average Bonchev–Trinajstić information content (AvgIpc) is 3.47. The van der Waals surface area contributed by atoms with Gasteiger partial charge in [-0.15, -0.1) is 11.3 Å². The third-order valence-corrected chi connectivity index (χ3v) is 5.97. The summed E-state index contributed by atoms with van der Waals surface area (Å²) in [7, 11) is 0. The number of ether oxygens (including phenoxy) is 1. The quantitative estimate of drug-likeness (QED) is 0.594. The number of nitrogens with one attached hydrogen (secondary N) is 2. The van der Waals surface area contributed by atoms with E-state index in [1.165, 1.54) is 24.2 Å². The number of amides is 1. The van der Waals surface area contributed by atoms with Crippen LogP contribution < -0.4 is 15.6 Å². The summed E-state index contributed by atoms with van der Waals surface area (Å²) in [5.41, 5.74) is 1.60. The summed E-state index contributed by atoms with van der Waals surface area (Å²) in [5.74, 6) is 1.03. The third kappa shape index (κ3) is 4.71. The van der Waals surface area contributed by atoms with Gasteiger partial charge in [0.25, 0.3) is 11.5 Å². The van der Waals surface area contributed by atoms with Crippen molar-refractivity contribution in [2.45, 2.75) is 32.7 Å². The number of hydrogen-bond acceptors (Lipinski definition) is 6. The molecule has 0 atom stereocenters. The van der Waals surface area contributed by atoms with Crippen LogP contribution in [0.15, 0.2) is 41.6 Å². The van der Waals surface area contributed by atoms with Gasteiger partial charge in [0.05, 0.1) is 12.3 Å². The number of carbonyl (C=O) groups is 1. The number of rotatable bonds is 8. The highest BCUT2D eigenvalue weighted by molar-refractivity contribution is 7.17. The maximum atomic E-state index is 12.6. The highest BCUT2D eigenvalue weighted by Crippen LogP contribution is 2.34. The summed E-state index contributed by atoms with van der Waals surface area (Å²) in [4.78, 5) is 36.8. The van der Waals surface area contributed by atoms with Crippen molar-refractivity contribution >= 4 is 17.2 Å². The lowest BCUT2D eigenvalue weighted by Gasteiger charge is -2.08. The summed E-state index contributed by atoms with van der Waals surface area (Å²) in [6.45, 7) is 2.72. The van der Waals surface area contributed by atoms with E-state index in [4.69, 9.17) is 4.74 Å². The number of nitrogens with zero attached hydrogens (tertiary/aromatic N) is 2. The Morgan fingerprint density at radius 2 is 2.24 bits per heavy atom. The predicted octanol–water partition coefficient (Wildman–Crippen LogP) is 3.31. The van der Waals surface area contributed by atoms with E-state index >= 15 is 0 Å². The molecule has 0 spiro atoms. The molecule has 1 aliphatic rings. The summed E-state index contributed by atoms with van der Waals surface area (Å²) >= 11 is 1.20. The molecule has 3 aromatic heterocycles. The van der Waals surface area contributed by atoms with Crippen molar-refractivity contribution in [2.24, 2.45) is 5.92 Å². The van der Waals surface area contributed by atoms with Crippen molar-refractivity contribution in [2.75, 3.05) is 6.61 Å². The van der Waals surface area contributed by atoms with Crippen molar-refractivity contribution < 1.29 is 9.53 Å². The average molecular weight is 410 g/mol. The zero-order valence-electron chi connectivity index (χ0n) is 16.1. The van der Waals surface area contributed by atoms with Gasteiger partial charge in [-0.25, -0.2) is 4.98 Å². The van der Waals surface area contributed by atoms with Gasteiger partial charge in [0.15, 0.2) is 0 Å². The second-order valence-corrected chi connectivity index (χ2v) is 8.10. The molecular formula is C21H22N4O3S. The Labute approximate surface area is 172 Å². The van der Waals surface area contributed by atoms with Crippen LogP contribution in [0.2, 0.25) is 0 Å². The van der Waals surface area contributed by atoms with Gasteiger partial charge in [-0.2, -0.15) is 0 Å². The molecule has 7 nitrogen and oxygen atoms in total. The molecule has 1 saturated carbocycles. The highest BCUT2D eigenvalue weighted by Gasteiger charge is 2.23. The molecule has 1 fully saturated rings. The first-order valence-corrected chi connectivity index (χ1v) is 10.4. The molecule has 8 heteroatoms. The lowest BCUT2D eigenvalue weighted by Crippen LogP contribution is -2.22. The Morgan fingerprint density at radius 1 is 1.38 bits per heavy atom. The Kier molecular flexibility index (Phi) is 5.71. The van der Waals surface area contributed by atoms with Gasteiger partial charge < -0.3 is 15.0 Å². The standard InChI is InChI=1S/C21H22N4O3S/c1-13-18(20(27)24-12-15-3-2-8-22-11-15)29-21(25-13)17-16(6-9-23-19(17)26)28-10-7-14-4-5-14/h2-3,6,8-9,11,14H,4-5,7,10,12H2,1H3,(H,23,26)(H,24,27). The maximum Gasteiger partial charge on any atom is 0.263 e. The topological polar surface area (TPSA) is 97.0 Å². The Morgan fingerprint density at radius 3 is 3.00 bits per heavy atom. The monoisotopic (exact) mass is 410 g/mol. The fraction of sp³-hybridized carbons (Fsp3) is 0.333. The Bertz CT molecular complexity index is 1060. The van der Waals surface area contributed by atoms with Crippen molar-refractivity contribution in [3.05, 3.63) is 63.3 Å². The van der Waals surface area contributed by atoms with Crippen LogP contribution in [-0.2, 0) is 6.54 Å². The molecule has 0 saturated heterocycles. The summed E-state index contributed by atoms with van der Waals surface area (Å²) in [6.07, 6.45) is 8.47. The molecule has 3 heterocycles. The molecule has 0 aliphatic heterocycles. The molecule has 3 aromatic rings. The minimum Gasteiger partial charge on any atom is -0.493 e. The van der Waals surface area contributed by atoms with Crippen LogP contribution in [0.3, 0.4) is 0 Å². The molecule has 29 heavy (non-hydrogen) atoms. The number of aromatic amines is 1. The molecule has 0 bridgehead atoms.